The van der Waals surface area contributed by atoms with Crippen LogP contribution in [0.15, 0.2) is 45.6 Å². The van der Waals surface area contributed by atoms with Gasteiger partial charge in [-0.2, -0.15) is 0 Å². The minimum atomic E-state index is -1.65. The van der Waals surface area contributed by atoms with Crippen LogP contribution in [0, 0.1) is 0 Å². The number of hydrogen-bond acceptors (Lipinski definition) is 10. The van der Waals surface area contributed by atoms with Crippen molar-refractivity contribution in [3.63, 3.8) is 0 Å². The van der Waals surface area contributed by atoms with Gasteiger partial charge in [0.2, 0.25) is 0 Å². The molecule has 0 bridgehead atoms. The van der Waals surface area contributed by atoms with E-state index in [4.69, 9.17) is 9.15 Å². The molecule has 178 valence electrons. The van der Waals surface area contributed by atoms with Crippen LogP contribution in [0.1, 0.15) is 18.9 Å². The monoisotopic (exact) mass is 462 g/mol. The lowest BCUT2D eigenvalue weighted by atomic mass is 10.0. The second-order valence-electron chi connectivity index (χ2n) is 7.61. The summed E-state index contributed by atoms with van der Waals surface area (Å²) in [6.45, 7) is 0.352. The fourth-order valence-corrected chi connectivity index (χ4v) is 3.38. The molecule has 3 rings (SSSR count). The molecule has 0 radical (unpaired) electrons. The minimum Gasteiger partial charge on any atom is -0.508 e. The van der Waals surface area contributed by atoms with Gasteiger partial charge >= 0.3 is 0 Å². The lowest BCUT2D eigenvalue weighted by molar-refractivity contribution is -0.139. The Bertz CT molecular complexity index is 1150. The number of aliphatic hydroxyl groups is 4. The summed E-state index contributed by atoms with van der Waals surface area (Å²) in [5, 5.41) is 69.5. The van der Waals surface area contributed by atoms with E-state index in [1.165, 1.54) is 24.3 Å². The summed E-state index contributed by atoms with van der Waals surface area (Å²) in [6.07, 6.45) is -5.66. The first kappa shape index (κ1) is 24.5. The van der Waals surface area contributed by atoms with Gasteiger partial charge in [-0.3, -0.25) is 4.79 Å². The first-order valence-electron chi connectivity index (χ1n) is 10.3. The van der Waals surface area contributed by atoms with Crippen LogP contribution in [0.4, 0.5) is 0 Å². The van der Waals surface area contributed by atoms with Crippen LogP contribution in [0.3, 0.4) is 0 Å². The third-order valence-electron chi connectivity index (χ3n) is 5.39. The van der Waals surface area contributed by atoms with E-state index in [-0.39, 0.29) is 34.5 Å². The minimum absolute atomic E-state index is 0.0323. The van der Waals surface area contributed by atoms with E-state index >= 15 is 0 Å². The molecule has 4 atom stereocenters. The molecule has 0 aliphatic heterocycles. The van der Waals surface area contributed by atoms with Gasteiger partial charge in [0.25, 0.3) is 0 Å². The summed E-state index contributed by atoms with van der Waals surface area (Å²) in [6, 6.07) is 8.17. The first-order chi connectivity index (χ1) is 15.7. The van der Waals surface area contributed by atoms with Crippen molar-refractivity contribution >= 4 is 11.0 Å². The Morgan fingerprint density at radius 2 is 1.67 bits per heavy atom. The molecule has 10 heteroatoms. The number of hydrogen-bond donors (Lipinski definition) is 7. The van der Waals surface area contributed by atoms with E-state index in [1.54, 1.807) is 6.92 Å². The quantitative estimate of drug-likeness (QED) is 0.242. The molecule has 3 aromatic rings. The van der Waals surface area contributed by atoms with Gasteiger partial charge in [-0.05, 0) is 30.7 Å². The van der Waals surface area contributed by atoms with Gasteiger partial charge in [0, 0.05) is 17.7 Å². The maximum absolute atomic E-state index is 12.7. The van der Waals surface area contributed by atoms with E-state index in [2.05, 4.69) is 0 Å². The summed E-state index contributed by atoms with van der Waals surface area (Å²) in [5.74, 6) is -0.880. The molecule has 33 heavy (non-hydrogen) atoms. The molecule has 3 unspecified atom stereocenters. The van der Waals surface area contributed by atoms with Gasteiger partial charge in [-0.1, -0.05) is 6.92 Å². The highest BCUT2D eigenvalue weighted by molar-refractivity contribution is 5.87. The smallest absolute Gasteiger partial charge is 0.197 e. The summed E-state index contributed by atoms with van der Waals surface area (Å²) in [7, 11) is 0. The molecular formula is C23H26O10. The fourth-order valence-electron chi connectivity index (χ4n) is 3.38. The Balaban J connectivity index is 1.91. The Morgan fingerprint density at radius 3 is 2.27 bits per heavy atom. The average molecular weight is 462 g/mol. The van der Waals surface area contributed by atoms with Crippen LogP contribution in [0.5, 0.6) is 17.2 Å². The molecule has 0 fully saturated rings. The Kier molecular flexibility index (Phi) is 7.57. The number of phenolic OH excluding ortho intramolecular Hbond substituents is 3. The van der Waals surface area contributed by atoms with Crippen molar-refractivity contribution in [1.29, 1.82) is 0 Å². The molecule has 1 heterocycles. The van der Waals surface area contributed by atoms with Crippen molar-refractivity contribution in [2.75, 3.05) is 6.61 Å². The van der Waals surface area contributed by atoms with E-state index in [9.17, 15) is 40.5 Å². The Hall–Kier alpha value is -3.15. The highest BCUT2D eigenvalue weighted by Gasteiger charge is 2.31. The number of aliphatic hydroxyl groups excluding tert-OH is 4. The van der Waals surface area contributed by atoms with Crippen molar-refractivity contribution in [2.24, 2.45) is 0 Å². The van der Waals surface area contributed by atoms with Crippen LogP contribution in [-0.2, 0) is 11.3 Å². The van der Waals surface area contributed by atoms with Crippen LogP contribution >= 0.6 is 0 Å². The fraction of sp³-hybridized carbons (Fsp3) is 0.348. The second-order valence-corrected chi connectivity index (χ2v) is 7.61. The number of phenols is 3. The Morgan fingerprint density at radius 1 is 1.00 bits per heavy atom. The zero-order valence-corrected chi connectivity index (χ0v) is 17.8. The third-order valence-corrected chi connectivity index (χ3v) is 5.39. The van der Waals surface area contributed by atoms with Crippen LogP contribution in [0.2, 0.25) is 0 Å². The SMILES string of the molecule is CC[C@@H](O)C(O)C(O)C(CO)OCc1c(O)cc2oc(-c3ccc(O)cc3)cc(=O)c2c1O. The molecule has 0 saturated heterocycles. The lowest BCUT2D eigenvalue weighted by Gasteiger charge is -2.28. The zero-order valence-electron chi connectivity index (χ0n) is 17.8. The average Bonchev–Trinajstić information content (AvgIpc) is 2.79. The number of aromatic hydroxyl groups is 3. The van der Waals surface area contributed by atoms with Gasteiger partial charge in [0.1, 0.15) is 52.3 Å². The predicted molar refractivity (Wildman–Crippen MR) is 117 cm³/mol. The first-order valence-corrected chi connectivity index (χ1v) is 10.3. The van der Waals surface area contributed by atoms with Gasteiger partial charge in [0.05, 0.1) is 24.9 Å². The molecule has 0 aliphatic rings. The number of rotatable bonds is 9. The second kappa shape index (κ2) is 10.2. The van der Waals surface area contributed by atoms with Crippen molar-refractivity contribution in [3.05, 3.63) is 52.2 Å². The van der Waals surface area contributed by atoms with Crippen molar-refractivity contribution in [3.8, 4) is 28.6 Å². The molecular weight excluding hydrogens is 436 g/mol. The molecule has 1 aromatic heterocycles. The molecule has 7 N–H and O–H groups in total. The lowest BCUT2D eigenvalue weighted by Crippen LogP contribution is -2.46. The number of ether oxygens (including phenoxy) is 1. The van der Waals surface area contributed by atoms with E-state index in [0.29, 0.717) is 5.56 Å². The summed E-state index contributed by atoms with van der Waals surface area (Å²) >= 11 is 0. The van der Waals surface area contributed by atoms with Crippen molar-refractivity contribution < 1.29 is 44.9 Å². The maximum atomic E-state index is 12.7. The van der Waals surface area contributed by atoms with Gasteiger partial charge in [-0.25, -0.2) is 0 Å². The topological polar surface area (TPSA) is 181 Å². The molecule has 0 saturated carbocycles. The summed E-state index contributed by atoms with van der Waals surface area (Å²) in [4.78, 5) is 12.7. The van der Waals surface area contributed by atoms with Gasteiger partial charge in [-0.15, -0.1) is 0 Å². The molecule has 10 nitrogen and oxygen atoms in total. The summed E-state index contributed by atoms with van der Waals surface area (Å²) < 4.78 is 11.0. The highest BCUT2D eigenvalue weighted by Crippen LogP contribution is 2.36. The maximum Gasteiger partial charge on any atom is 0.197 e. The van der Waals surface area contributed by atoms with E-state index < -0.39 is 54.6 Å². The Labute approximate surface area is 188 Å². The summed E-state index contributed by atoms with van der Waals surface area (Å²) in [5.41, 5.74) is -0.392. The zero-order chi connectivity index (χ0) is 24.3. The molecule has 0 amide bonds. The normalized spacial score (nSPS) is 15.3. The van der Waals surface area contributed by atoms with Crippen molar-refractivity contribution in [2.45, 2.75) is 44.4 Å². The molecule has 0 spiro atoms. The molecule has 0 aliphatic carbocycles. The largest absolute Gasteiger partial charge is 0.508 e. The van der Waals surface area contributed by atoms with E-state index in [1.807, 2.05) is 0 Å². The standard InChI is InChI=1S/C23H26O10/c1-2-14(26)22(30)23(31)19(9-24)32-10-13-15(27)7-18-20(21(13)29)16(28)8-17(33-18)11-3-5-12(25)6-4-11/h3-8,14,19,22-27,29-31H,2,9-10H2,1H3/t14-,19?,22?,23?/m1/s1. The van der Waals surface area contributed by atoms with Crippen LogP contribution < -0.4 is 5.43 Å². The van der Waals surface area contributed by atoms with Gasteiger partial charge < -0.3 is 44.9 Å². The predicted octanol–water partition coefficient (Wildman–Crippen LogP) is 0.947. The number of fused-ring (bicyclic) bond motifs is 1. The van der Waals surface area contributed by atoms with Gasteiger partial charge in [0.15, 0.2) is 5.43 Å². The molecule has 2 aromatic carbocycles. The van der Waals surface area contributed by atoms with Crippen molar-refractivity contribution in [1.82, 2.24) is 0 Å². The highest BCUT2D eigenvalue weighted by atomic mass is 16.5. The van der Waals surface area contributed by atoms with Crippen LogP contribution in [0.25, 0.3) is 22.3 Å². The third kappa shape index (κ3) is 5.10. The number of benzene rings is 2. The van der Waals surface area contributed by atoms with Crippen LogP contribution in [-0.4, -0.2) is 66.8 Å². The van der Waals surface area contributed by atoms with E-state index in [0.717, 1.165) is 12.1 Å².